The van der Waals surface area contributed by atoms with Gasteiger partial charge < -0.3 is 10.2 Å². The molecule has 0 amide bonds. The van der Waals surface area contributed by atoms with Crippen LogP contribution in [0.2, 0.25) is 0 Å². The van der Waals surface area contributed by atoms with Crippen LogP contribution in [0.15, 0.2) is 36.5 Å². The van der Waals surface area contributed by atoms with E-state index in [1.54, 1.807) is 6.08 Å². The number of carboxylic acids is 1. The first-order chi connectivity index (χ1) is 11.9. The Morgan fingerprint density at radius 3 is 2.72 bits per heavy atom. The predicted molar refractivity (Wildman–Crippen MR) is 100 cm³/mol. The molecule has 1 rings (SSSR count). The number of unbranched alkanes of at least 4 members (excludes halogenated alkanes) is 3. The molecule has 3 atom stereocenters. The highest BCUT2D eigenvalue weighted by molar-refractivity contribution is 5.95. The Morgan fingerprint density at radius 1 is 1.28 bits per heavy atom. The summed E-state index contributed by atoms with van der Waals surface area (Å²) in [6.07, 6.45) is 17.4. The minimum Gasteiger partial charge on any atom is -0.481 e. The molecule has 0 unspecified atom stereocenters. The lowest BCUT2D eigenvalue weighted by Crippen LogP contribution is -2.21. The lowest BCUT2D eigenvalue weighted by molar-refractivity contribution is -0.137. The maximum Gasteiger partial charge on any atom is 0.303 e. The summed E-state index contributed by atoms with van der Waals surface area (Å²) in [5, 5.41) is 19.0. The highest BCUT2D eigenvalue weighted by Crippen LogP contribution is 2.28. The van der Waals surface area contributed by atoms with Gasteiger partial charge in [0, 0.05) is 18.3 Å². The maximum atomic E-state index is 12.0. The zero-order valence-corrected chi connectivity index (χ0v) is 15.5. The number of allylic oxidation sites excluding steroid dienone is 5. The average molecular weight is 348 g/mol. The molecule has 0 spiro atoms. The molecular weight excluding hydrogens is 316 g/mol. The Balaban J connectivity index is 2.48. The first kappa shape index (κ1) is 21.4. The molecule has 0 aromatic carbocycles. The molecule has 2 N–H and O–H groups in total. The van der Waals surface area contributed by atoms with Crippen molar-refractivity contribution in [1.29, 1.82) is 0 Å². The summed E-state index contributed by atoms with van der Waals surface area (Å²) in [6.45, 7) is 3.95. The molecule has 0 heterocycles. The van der Waals surface area contributed by atoms with Crippen molar-refractivity contribution in [3.05, 3.63) is 36.5 Å². The zero-order chi connectivity index (χ0) is 18.7. The van der Waals surface area contributed by atoms with Crippen LogP contribution in [0.5, 0.6) is 0 Å². The molecular formula is C21H32O4. The van der Waals surface area contributed by atoms with E-state index in [1.807, 2.05) is 37.3 Å². The molecule has 140 valence electrons. The van der Waals surface area contributed by atoms with Gasteiger partial charge in [-0.1, -0.05) is 56.6 Å². The van der Waals surface area contributed by atoms with Crippen LogP contribution in [0.3, 0.4) is 0 Å². The van der Waals surface area contributed by atoms with Crippen LogP contribution in [-0.2, 0) is 9.59 Å². The number of aliphatic hydroxyl groups is 1. The van der Waals surface area contributed by atoms with E-state index in [2.05, 4.69) is 6.92 Å². The van der Waals surface area contributed by atoms with Gasteiger partial charge in [-0.25, -0.2) is 0 Å². The van der Waals surface area contributed by atoms with Crippen molar-refractivity contribution in [2.45, 2.75) is 70.8 Å². The van der Waals surface area contributed by atoms with E-state index in [9.17, 15) is 14.7 Å². The third-order valence-electron chi connectivity index (χ3n) is 4.59. The van der Waals surface area contributed by atoms with Crippen LogP contribution < -0.4 is 0 Å². The van der Waals surface area contributed by atoms with Gasteiger partial charge in [-0.05, 0) is 38.7 Å². The minimum atomic E-state index is -0.828. The van der Waals surface area contributed by atoms with E-state index in [0.29, 0.717) is 19.3 Å². The lowest BCUT2D eigenvalue weighted by atomic mass is 9.88. The van der Waals surface area contributed by atoms with Gasteiger partial charge in [-0.3, -0.25) is 9.59 Å². The summed E-state index contributed by atoms with van der Waals surface area (Å²) >= 11 is 0. The first-order valence-corrected chi connectivity index (χ1v) is 9.36. The van der Waals surface area contributed by atoms with Gasteiger partial charge in [-0.15, -0.1) is 0 Å². The Bertz CT molecular complexity index is 514. The van der Waals surface area contributed by atoms with Crippen molar-refractivity contribution in [1.82, 2.24) is 0 Å². The van der Waals surface area contributed by atoms with Crippen LogP contribution in [0.1, 0.15) is 65.2 Å². The summed E-state index contributed by atoms with van der Waals surface area (Å²) < 4.78 is 0. The smallest absolute Gasteiger partial charge is 0.303 e. The molecule has 0 saturated heterocycles. The maximum absolute atomic E-state index is 12.0. The summed E-state index contributed by atoms with van der Waals surface area (Å²) in [5.74, 6) is -0.748. The zero-order valence-electron chi connectivity index (χ0n) is 15.5. The molecule has 4 nitrogen and oxygen atoms in total. The molecule has 0 aromatic heterocycles. The van der Waals surface area contributed by atoms with Gasteiger partial charge in [-0.2, -0.15) is 0 Å². The third kappa shape index (κ3) is 8.82. The van der Waals surface area contributed by atoms with Crippen LogP contribution in [0.4, 0.5) is 0 Å². The van der Waals surface area contributed by atoms with Crippen molar-refractivity contribution in [3.63, 3.8) is 0 Å². The third-order valence-corrected chi connectivity index (χ3v) is 4.59. The quantitative estimate of drug-likeness (QED) is 0.404. The van der Waals surface area contributed by atoms with Crippen LogP contribution >= 0.6 is 0 Å². The van der Waals surface area contributed by atoms with Crippen molar-refractivity contribution < 1.29 is 19.8 Å². The molecule has 0 saturated carbocycles. The molecule has 0 aliphatic heterocycles. The number of carbonyl (C=O) groups excluding carboxylic acids is 1. The number of ketones is 1. The number of hydrogen-bond donors (Lipinski definition) is 2. The normalized spacial score (nSPS) is 22.9. The predicted octanol–water partition coefficient (Wildman–Crippen LogP) is 4.45. The Hall–Kier alpha value is -1.68. The SMILES string of the molecule is CCCCC[C@](C)(O)/C=C/[C@H]1C=CC(=O)[C@@H]1C/C=C/CCCC(=O)O. The molecule has 25 heavy (non-hydrogen) atoms. The van der Waals surface area contributed by atoms with Crippen molar-refractivity contribution in [2.75, 3.05) is 0 Å². The number of carbonyl (C=O) groups is 2. The van der Waals surface area contributed by atoms with Crippen molar-refractivity contribution in [3.8, 4) is 0 Å². The number of aliphatic carboxylic acids is 1. The van der Waals surface area contributed by atoms with Crippen LogP contribution in [-0.4, -0.2) is 27.6 Å². The topological polar surface area (TPSA) is 74.6 Å². The fraction of sp³-hybridized carbons (Fsp3) is 0.619. The Morgan fingerprint density at radius 2 is 2.04 bits per heavy atom. The summed E-state index contributed by atoms with van der Waals surface area (Å²) in [5.41, 5.74) is -0.828. The van der Waals surface area contributed by atoms with Gasteiger partial charge in [0.15, 0.2) is 5.78 Å². The molecule has 0 fully saturated rings. The van der Waals surface area contributed by atoms with Gasteiger partial charge in [0.2, 0.25) is 0 Å². The van der Waals surface area contributed by atoms with E-state index in [0.717, 1.165) is 25.7 Å². The van der Waals surface area contributed by atoms with E-state index in [4.69, 9.17) is 5.11 Å². The van der Waals surface area contributed by atoms with Gasteiger partial charge in [0.05, 0.1) is 5.60 Å². The molecule has 0 aromatic rings. The van der Waals surface area contributed by atoms with E-state index < -0.39 is 11.6 Å². The Kier molecular flexibility index (Phi) is 9.43. The summed E-state index contributed by atoms with van der Waals surface area (Å²) in [7, 11) is 0. The monoisotopic (exact) mass is 348 g/mol. The van der Waals surface area contributed by atoms with Crippen LogP contribution in [0, 0.1) is 11.8 Å². The first-order valence-electron chi connectivity index (χ1n) is 9.36. The second-order valence-corrected chi connectivity index (χ2v) is 7.11. The van der Waals surface area contributed by atoms with Gasteiger partial charge in [0.25, 0.3) is 0 Å². The van der Waals surface area contributed by atoms with E-state index >= 15 is 0 Å². The average Bonchev–Trinajstić information content (AvgIpc) is 2.89. The summed E-state index contributed by atoms with van der Waals surface area (Å²) in [4.78, 5) is 22.5. The highest BCUT2D eigenvalue weighted by atomic mass is 16.4. The standard InChI is InChI=1S/C21H32O4/c1-3-4-9-15-21(2,25)16-14-17-12-13-19(22)18(17)10-7-5-6-8-11-20(23)24/h5,7,12-14,16-18,25H,3-4,6,8-11,15H2,1-2H3,(H,23,24)/b7-5+,16-14+/t17-,18-,21+/m1/s1. The second-order valence-electron chi connectivity index (χ2n) is 7.11. The largest absolute Gasteiger partial charge is 0.481 e. The van der Waals surface area contributed by atoms with Crippen molar-refractivity contribution >= 4 is 11.8 Å². The fourth-order valence-corrected chi connectivity index (χ4v) is 2.99. The number of carboxylic acid groups (broad SMARTS) is 1. The Labute approximate surface area is 151 Å². The second kappa shape index (κ2) is 11.0. The molecule has 0 bridgehead atoms. The molecule has 4 heteroatoms. The van der Waals surface area contributed by atoms with Gasteiger partial charge in [0.1, 0.15) is 0 Å². The summed E-state index contributed by atoms with van der Waals surface area (Å²) in [6, 6.07) is 0. The lowest BCUT2D eigenvalue weighted by Gasteiger charge is -2.20. The minimum absolute atomic E-state index is 0.0221. The molecule has 1 aliphatic rings. The van der Waals surface area contributed by atoms with Crippen LogP contribution in [0.25, 0.3) is 0 Å². The number of hydrogen-bond acceptors (Lipinski definition) is 3. The van der Waals surface area contributed by atoms with Gasteiger partial charge >= 0.3 is 5.97 Å². The van der Waals surface area contributed by atoms with E-state index in [-0.39, 0.29) is 24.0 Å². The fourth-order valence-electron chi connectivity index (χ4n) is 2.99. The van der Waals surface area contributed by atoms with E-state index in [1.165, 1.54) is 0 Å². The molecule has 1 aliphatic carbocycles. The van der Waals surface area contributed by atoms with Crippen molar-refractivity contribution in [2.24, 2.45) is 11.8 Å². The molecule has 0 radical (unpaired) electrons. The highest BCUT2D eigenvalue weighted by Gasteiger charge is 2.28. The number of rotatable bonds is 12.